The van der Waals surface area contributed by atoms with Crippen LogP contribution in [0.3, 0.4) is 0 Å². The number of aromatic nitrogens is 3. The van der Waals surface area contributed by atoms with Crippen LogP contribution < -0.4 is 27.0 Å². The van der Waals surface area contributed by atoms with Gasteiger partial charge in [-0.3, -0.25) is 4.79 Å². The Kier molecular flexibility index (Phi) is 13.3. The number of hydrogen-bond donors (Lipinski definition) is 5. The van der Waals surface area contributed by atoms with E-state index in [9.17, 15) is 4.79 Å². The Bertz CT molecular complexity index is 1190. The Labute approximate surface area is 248 Å². The van der Waals surface area contributed by atoms with E-state index in [1.54, 1.807) is 0 Å². The molecule has 2 aromatic carbocycles. The van der Waals surface area contributed by atoms with Crippen LogP contribution in [0.1, 0.15) is 53.6 Å². The maximum absolute atomic E-state index is 12.5. The smallest absolute Gasteiger partial charge is 0.251 e. The van der Waals surface area contributed by atoms with Crippen molar-refractivity contribution >= 4 is 23.8 Å². The SMILES string of the molecule is NCCOCCOCCNC(=O)c1ccc(CNc2nc(NCc3ccccc3)nc(NCC3CCCCC3)n2)cc1. The molecule has 0 saturated heterocycles. The van der Waals surface area contributed by atoms with Crippen molar-refractivity contribution in [1.29, 1.82) is 0 Å². The van der Waals surface area contributed by atoms with Crippen molar-refractivity contribution in [1.82, 2.24) is 20.3 Å². The van der Waals surface area contributed by atoms with Crippen molar-refractivity contribution in [2.75, 3.05) is 62.0 Å². The van der Waals surface area contributed by atoms with Crippen LogP contribution in [-0.4, -0.2) is 66.9 Å². The zero-order valence-corrected chi connectivity index (χ0v) is 24.3. The first-order valence-corrected chi connectivity index (χ1v) is 14.9. The molecule has 1 aromatic heterocycles. The first kappa shape index (κ1) is 31.1. The van der Waals surface area contributed by atoms with Crippen LogP contribution in [0.2, 0.25) is 0 Å². The molecule has 1 fully saturated rings. The van der Waals surface area contributed by atoms with E-state index in [0.29, 0.717) is 81.9 Å². The van der Waals surface area contributed by atoms with Gasteiger partial charge >= 0.3 is 0 Å². The van der Waals surface area contributed by atoms with Crippen LogP contribution in [-0.2, 0) is 22.6 Å². The fourth-order valence-electron chi connectivity index (χ4n) is 4.72. The maximum atomic E-state index is 12.5. The minimum Gasteiger partial charge on any atom is -0.378 e. The summed E-state index contributed by atoms with van der Waals surface area (Å²) in [6, 6.07) is 17.6. The molecule has 226 valence electrons. The molecule has 42 heavy (non-hydrogen) atoms. The Balaban J connectivity index is 1.28. The molecule has 1 heterocycles. The molecule has 1 aliphatic rings. The Hall–Kier alpha value is -3.80. The van der Waals surface area contributed by atoms with Gasteiger partial charge in [-0.25, -0.2) is 0 Å². The number of benzene rings is 2. The van der Waals surface area contributed by atoms with Gasteiger partial charge in [-0.2, -0.15) is 15.0 Å². The van der Waals surface area contributed by atoms with Gasteiger partial charge in [-0.1, -0.05) is 61.7 Å². The number of nitrogens with zero attached hydrogens (tertiary/aromatic N) is 3. The highest BCUT2D eigenvalue weighted by Gasteiger charge is 2.14. The van der Waals surface area contributed by atoms with Crippen LogP contribution in [0.4, 0.5) is 17.8 Å². The highest BCUT2D eigenvalue weighted by Crippen LogP contribution is 2.24. The van der Waals surface area contributed by atoms with E-state index in [2.05, 4.69) is 48.4 Å². The van der Waals surface area contributed by atoms with Crippen LogP contribution in [0.5, 0.6) is 0 Å². The number of nitrogens with two attached hydrogens (primary N) is 1. The van der Waals surface area contributed by atoms with E-state index in [4.69, 9.17) is 15.2 Å². The number of rotatable bonds is 18. The standard InChI is InChI=1S/C31H44N8O3/c32-15-17-41-19-20-42-18-16-33-28(40)27-13-11-26(12-14-27)23-36-31-38-29(34-21-24-7-3-1-4-8-24)37-30(39-31)35-22-25-9-5-2-6-10-25/h1,3-4,7-8,11-14,25H,2,5-6,9-10,15-23,32H2,(H,33,40)(H3,34,35,36,37,38,39). The zero-order chi connectivity index (χ0) is 29.2. The largest absolute Gasteiger partial charge is 0.378 e. The third-order valence-electron chi connectivity index (χ3n) is 7.04. The number of amides is 1. The van der Waals surface area contributed by atoms with E-state index < -0.39 is 0 Å². The molecule has 1 aliphatic carbocycles. The molecule has 0 unspecified atom stereocenters. The summed E-state index contributed by atoms with van der Waals surface area (Å²) >= 11 is 0. The van der Waals surface area contributed by atoms with Crippen molar-refractivity contribution < 1.29 is 14.3 Å². The van der Waals surface area contributed by atoms with Crippen molar-refractivity contribution in [2.24, 2.45) is 11.7 Å². The topological polar surface area (TPSA) is 148 Å². The lowest BCUT2D eigenvalue weighted by Gasteiger charge is -2.21. The van der Waals surface area contributed by atoms with Gasteiger partial charge < -0.3 is 36.5 Å². The lowest BCUT2D eigenvalue weighted by molar-refractivity contribution is 0.0511. The highest BCUT2D eigenvalue weighted by atomic mass is 16.5. The molecule has 11 nitrogen and oxygen atoms in total. The summed E-state index contributed by atoms with van der Waals surface area (Å²) < 4.78 is 10.7. The van der Waals surface area contributed by atoms with Gasteiger partial charge in [0.1, 0.15) is 0 Å². The summed E-state index contributed by atoms with van der Waals surface area (Å²) in [6.45, 7) is 4.82. The molecule has 1 saturated carbocycles. The average Bonchev–Trinajstić information content (AvgIpc) is 3.04. The molecule has 6 N–H and O–H groups in total. The number of ether oxygens (including phenoxy) is 2. The molecule has 11 heteroatoms. The fourth-order valence-corrected chi connectivity index (χ4v) is 4.72. The lowest BCUT2D eigenvalue weighted by Crippen LogP contribution is -2.27. The molecule has 1 amide bonds. The Morgan fingerprint density at radius 1 is 0.738 bits per heavy atom. The summed E-state index contributed by atoms with van der Waals surface area (Å²) in [5, 5.41) is 13.0. The minimum atomic E-state index is -0.141. The minimum absolute atomic E-state index is 0.141. The van der Waals surface area contributed by atoms with Crippen LogP contribution in [0, 0.1) is 5.92 Å². The van der Waals surface area contributed by atoms with Gasteiger partial charge in [0.15, 0.2) is 0 Å². The summed E-state index contributed by atoms with van der Waals surface area (Å²) in [5.74, 6) is 2.07. The van der Waals surface area contributed by atoms with Crippen molar-refractivity contribution in [2.45, 2.75) is 45.2 Å². The molecular formula is C31H44N8O3. The molecule has 3 aromatic rings. The number of anilines is 3. The third-order valence-corrected chi connectivity index (χ3v) is 7.04. The second kappa shape index (κ2) is 17.9. The van der Waals surface area contributed by atoms with E-state index in [1.807, 2.05) is 42.5 Å². The van der Waals surface area contributed by atoms with Crippen LogP contribution >= 0.6 is 0 Å². The molecular weight excluding hydrogens is 532 g/mol. The molecule has 0 bridgehead atoms. The maximum Gasteiger partial charge on any atom is 0.251 e. The van der Waals surface area contributed by atoms with Crippen LogP contribution in [0.25, 0.3) is 0 Å². The van der Waals surface area contributed by atoms with E-state index in [1.165, 1.54) is 32.1 Å². The molecule has 0 aliphatic heterocycles. The van der Waals surface area contributed by atoms with Gasteiger partial charge in [0.2, 0.25) is 17.8 Å². The predicted molar refractivity (Wildman–Crippen MR) is 165 cm³/mol. The zero-order valence-electron chi connectivity index (χ0n) is 24.3. The van der Waals surface area contributed by atoms with Gasteiger partial charge in [-0.15, -0.1) is 0 Å². The molecule has 0 atom stereocenters. The first-order chi connectivity index (χ1) is 20.7. The predicted octanol–water partition coefficient (Wildman–Crippen LogP) is 3.81. The average molecular weight is 577 g/mol. The third kappa shape index (κ3) is 11.2. The van der Waals surface area contributed by atoms with Gasteiger partial charge in [0.25, 0.3) is 5.91 Å². The van der Waals surface area contributed by atoms with Crippen molar-refractivity contribution in [3.8, 4) is 0 Å². The molecule has 4 rings (SSSR count). The van der Waals surface area contributed by atoms with E-state index >= 15 is 0 Å². The second-order valence-corrected chi connectivity index (χ2v) is 10.4. The summed E-state index contributed by atoms with van der Waals surface area (Å²) in [6.07, 6.45) is 6.41. The fraction of sp³-hybridized carbons (Fsp3) is 0.484. The van der Waals surface area contributed by atoms with Crippen molar-refractivity contribution in [3.05, 3.63) is 71.3 Å². The normalized spacial score (nSPS) is 13.5. The second-order valence-electron chi connectivity index (χ2n) is 10.4. The number of carbonyl (C=O) groups is 1. The number of hydrogen-bond acceptors (Lipinski definition) is 10. The lowest BCUT2D eigenvalue weighted by atomic mass is 9.89. The number of carbonyl (C=O) groups excluding carboxylic acids is 1. The van der Waals surface area contributed by atoms with Gasteiger partial charge in [-0.05, 0) is 42.0 Å². The van der Waals surface area contributed by atoms with Gasteiger partial charge in [0, 0.05) is 38.3 Å². The summed E-state index contributed by atoms with van der Waals surface area (Å²) in [7, 11) is 0. The molecule has 0 spiro atoms. The first-order valence-electron chi connectivity index (χ1n) is 14.9. The highest BCUT2D eigenvalue weighted by molar-refractivity contribution is 5.94. The number of nitrogens with one attached hydrogen (secondary N) is 4. The molecule has 0 radical (unpaired) electrons. The summed E-state index contributed by atoms with van der Waals surface area (Å²) in [4.78, 5) is 26.3. The summed E-state index contributed by atoms with van der Waals surface area (Å²) in [5.41, 5.74) is 8.11. The Morgan fingerprint density at radius 3 is 1.98 bits per heavy atom. The van der Waals surface area contributed by atoms with Gasteiger partial charge in [0.05, 0.1) is 26.4 Å². The van der Waals surface area contributed by atoms with E-state index in [-0.39, 0.29) is 5.91 Å². The Morgan fingerprint density at radius 2 is 1.33 bits per heavy atom. The van der Waals surface area contributed by atoms with Crippen molar-refractivity contribution in [3.63, 3.8) is 0 Å². The van der Waals surface area contributed by atoms with E-state index in [0.717, 1.165) is 17.7 Å². The van der Waals surface area contributed by atoms with Crippen LogP contribution in [0.15, 0.2) is 54.6 Å². The quantitative estimate of drug-likeness (QED) is 0.142. The monoisotopic (exact) mass is 576 g/mol.